The van der Waals surface area contributed by atoms with Gasteiger partial charge in [-0.3, -0.25) is 4.79 Å². The molecule has 2 aliphatic carbocycles. The van der Waals surface area contributed by atoms with E-state index in [9.17, 15) is 4.79 Å². The van der Waals surface area contributed by atoms with Gasteiger partial charge in [0.1, 0.15) is 11.9 Å². The SMILES string of the molecule is Cc1ccc(CN=C(NCC(=O)N(C)C)NC2CC3CCC2C3)c(OC2CCOC2)c1.I. The highest BCUT2D eigenvalue weighted by Gasteiger charge is 2.39. The second-order valence-electron chi connectivity index (χ2n) is 9.45. The molecule has 0 aromatic heterocycles. The molecule has 32 heavy (non-hydrogen) atoms. The Bertz CT molecular complexity index is 810. The molecule has 1 aromatic carbocycles. The first-order chi connectivity index (χ1) is 15.0. The maximum Gasteiger partial charge on any atom is 0.241 e. The van der Waals surface area contributed by atoms with Crippen LogP contribution in [0, 0.1) is 18.8 Å². The summed E-state index contributed by atoms with van der Waals surface area (Å²) < 4.78 is 11.7. The lowest BCUT2D eigenvalue weighted by Gasteiger charge is -2.25. The van der Waals surface area contributed by atoms with E-state index < -0.39 is 0 Å². The molecule has 8 heteroatoms. The molecule has 0 spiro atoms. The van der Waals surface area contributed by atoms with Gasteiger partial charge in [0, 0.05) is 32.1 Å². The first-order valence-corrected chi connectivity index (χ1v) is 11.6. The second kappa shape index (κ2) is 11.5. The molecule has 178 valence electrons. The lowest BCUT2D eigenvalue weighted by atomic mass is 9.95. The quantitative estimate of drug-likeness (QED) is 0.307. The Hall–Kier alpha value is -1.55. The minimum absolute atomic E-state index is 0. The van der Waals surface area contributed by atoms with Crippen LogP contribution in [-0.2, 0) is 16.1 Å². The van der Waals surface area contributed by atoms with Crippen molar-refractivity contribution in [2.45, 2.75) is 57.7 Å². The summed E-state index contributed by atoms with van der Waals surface area (Å²) in [6.07, 6.45) is 6.20. The molecule has 2 bridgehead atoms. The van der Waals surface area contributed by atoms with E-state index in [-0.39, 0.29) is 42.5 Å². The van der Waals surface area contributed by atoms with Crippen LogP contribution in [-0.4, -0.2) is 62.8 Å². The van der Waals surface area contributed by atoms with Crippen molar-refractivity contribution in [3.05, 3.63) is 29.3 Å². The fraction of sp³-hybridized carbons (Fsp3) is 0.667. The third-order valence-corrected chi connectivity index (χ3v) is 6.78. The number of carbonyl (C=O) groups excluding carboxylic acids is 1. The fourth-order valence-corrected chi connectivity index (χ4v) is 4.92. The van der Waals surface area contributed by atoms with E-state index in [4.69, 9.17) is 14.5 Å². The molecular weight excluding hydrogens is 519 g/mol. The van der Waals surface area contributed by atoms with Gasteiger partial charge in [-0.05, 0) is 49.7 Å². The number of nitrogens with zero attached hydrogens (tertiary/aromatic N) is 2. The highest BCUT2D eigenvalue weighted by Crippen LogP contribution is 2.44. The first-order valence-electron chi connectivity index (χ1n) is 11.6. The van der Waals surface area contributed by atoms with E-state index in [1.807, 2.05) is 0 Å². The highest BCUT2D eigenvalue weighted by atomic mass is 127. The number of hydrogen-bond donors (Lipinski definition) is 2. The number of guanidine groups is 1. The van der Waals surface area contributed by atoms with E-state index in [0.717, 1.165) is 41.7 Å². The number of aryl methyl sites for hydroxylation is 1. The smallest absolute Gasteiger partial charge is 0.241 e. The van der Waals surface area contributed by atoms with Gasteiger partial charge in [-0.2, -0.15) is 0 Å². The third kappa shape index (κ3) is 6.50. The molecule has 1 heterocycles. The zero-order valence-corrected chi connectivity index (χ0v) is 21.8. The molecule has 0 radical (unpaired) electrons. The molecule has 7 nitrogen and oxygen atoms in total. The fourth-order valence-electron chi connectivity index (χ4n) is 4.92. The Morgan fingerprint density at radius 2 is 2.09 bits per heavy atom. The van der Waals surface area contributed by atoms with Crippen molar-refractivity contribution in [2.24, 2.45) is 16.8 Å². The number of hydrogen-bond acceptors (Lipinski definition) is 4. The molecule has 1 amide bonds. The Morgan fingerprint density at radius 3 is 2.75 bits per heavy atom. The predicted molar refractivity (Wildman–Crippen MR) is 137 cm³/mol. The van der Waals surface area contributed by atoms with Crippen LogP contribution in [0.5, 0.6) is 5.75 Å². The van der Waals surface area contributed by atoms with Gasteiger partial charge in [0.15, 0.2) is 5.96 Å². The van der Waals surface area contributed by atoms with Gasteiger partial charge in [-0.25, -0.2) is 4.99 Å². The van der Waals surface area contributed by atoms with Crippen molar-refractivity contribution >= 4 is 35.8 Å². The van der Waals surface area contributed by atoms with Crippen LogP contribution in [0.4, 0.5) is 0 Å². The molecule has 1 aromatic rings. The van der Waals surface area contributed by atoms with Crippen LogP contribution >= 0.6 is 24.0 Å². The van der Waals surface area contributed by atoms with Crippen LogP contribution in [0.3, 0.4) is 0 Å². The van der Waals surface area contributed by atoms with E-state index in [0.29, 0.717) is 25.2 Å². The maximum absolute atomic E-state index is 12.1. The largest absolute Gasteiger partial charge is 0.488 e. The number of benzene rings is 1. The van der Waals surface area contributed by atoms with Gasteiger partial charge in [0.05, 0.1) is 26.3 Å². The summed E-state index contributed by atoms with van der Waals surface area (Å²) in [5.41, 5.74) is 2.21. The molecule has 4 rings (SSSR count). The number of rotatable bonds is 7. The molecule has 4 atom stereocenters. The summed E-state index contributed by atoms with van der Waals surface area (Å²) in [6, 6.07) is 6.71. The summed E-state index contributed by atoms with van der Waals surface area (Å²) in [6.45, 7) is 4.20. The van der Waals surface area contributed by atoms with Crippen LogP contribution in [0.25, 0.3) is 0 Å². The zero-order valence-electron chi connectivity index (χ0n) is 19.4. The number of ether oxygens (including phenoxy) is 2. The topological polar surface area (TPSA) is 75.2 Å². The number of halogens is 1. The Kier molecular flexibility index (Phi) is 9.04. The molecule has 3 aliphatic rings. The lowest BCUT2D eigenvalue weighted by Crippen LogP contribution is -2.48. The van der Waals surface area contributed by atoms with Crippen molar-refractivity contribution in [2.75, 3.05) is 33.9 Å². The van der Waals surface area contributed by atoms with Crippen LogP contribution in [0.2, 0.25) is 0 Å². The summed E-state index contributed by atoms with van der Waals surface area (Å²) in [4.78, 5) is 18.6. The normalized spacial score (nSPS) is 26.5. The summed E-state index contributed by atoms with van der Waals surface area (Å²) in [5.74, 6) is 3.19. The van der Waals surface area contributed by atoms with Gasteiger partial charge in [0.25, 0.3) is 0 Å². The number of aliphatic imine (C=N–C) groups is 1. The Balaban J connectivity index is 0.00000289. The van der Waals surface area contributed by atoms with Gasteiger partial charge >= 0.3 is 0 Å². The molecular formula is C24H37IN4O3. The van der Waals surface area contributed by atoms with Crippen LogP contribution < -0.4 is 15.4 Å². The molecule has 2 N–H and O–H groups in total. The molecule has 3 fully saturated rings. The summed E-state index contributed by atoms with van der Waals surface area (Å²) in [5, 5.41) is 6.87. The number of nitrogens with one attached hydrogen (secondary N) is 2. The van der Waals surface area contributed by atoms with Crippen molar-refractivity contribution in [1.29, 1.82) is 0 Å². The Morgan fingerprint density at radius 1 is 1.25 bits per heavy atom. The molecule has 4 unspecified atom stereocenters. The standard InChI is InChI=1S/C24H36N4O3.HI/c1-16-4-6-19(22(10-16)31-20-8-9-30-15-20)13-25-24(26-14-23(29)28(2)3)27-21-12-17-5-7-18(21)11-17;/h4,6,10,17-18,20-21H,5,7-9,11-15H2,1-3H3,(H2,25,26,27);1H. The maximum atomic E-state index is 12.1. The predicted octanol–water partition coefficient (Wildman–Crippen LogP) is 3.09. The van der Waals surface area contributed by atoms with Gasteiger partial charge in [-0.1, -0.05) is 18.6 Å². The molecule has 1 saturated heterocycles. The van der Waals surface area contributed by atoms with E-state index in [1.54, 1.807) is 19.0 Å². The van der Waals surface area contributed by atoms with Gasteiger partial charge in [0.2, 0.25) is 5.91 Å². The third-order valence-electron chi connectivity index (χ3n) is 6.78. The summed E-state index contributed by atoms with van der Waals surface area (Å²) in [7, 11) is 3.54. The van der Waals surface area contributed by atoms with Gasteiger partial charge in [-0.15, -0.1) is 24.0 Å². The van der Waals surface area contributed by atoms with Crippen LogP contribution in [0.15, 0.2) is 23.2 Å². The number of likely N-dealkylation sites (N-methyl/N-ethyl adjacent to an activating group) is 1. The lowest BCUT2D eigenvalue weighted by molar-refractivity contribution is -0.127. The first kappa shape index (κ1) is 25.1. The van der Waals surface area contributed by atoms with E-state index in [1.165, 1.54) is 25.7 Å². The average Bonchev–Trinajstić information content (AvgIpc) is 3.49. The van der Waals surface area contributed by atoms with Crippen molar-refractivity contribution < 1.29 is 14.3 Å². The summed E-state index contributed by atoms with van der Waals surface area (Å²) >= 11 is 0. The van der Waals surface area contributed by atoms with Crippen molar-refractivity contribution in [3.8, 4) is 5.75 Å². The zero-order chi connectivity index (χ0) is 21.8. The monoisotopic (exact) mass is 556 g/mol. The van der Waals surface area contributed by atoms with E-state index >= 15 is 0 Å². The van der Waals surface area contributed by atoms with Crippen molar-refractivity contribution in [1.82, 2.24) is 15.5 Å². The minimum Gasteiger partial charge on any atom is -0.488 e. The van der Waals surface area contributed by atoms with Crippen LogP contribution in [0.1, 0.15) is 43.2 Å². The minimum atomic E-state index is 0. The number of fused-ring (bicyclic) bond motifs is 2. The molecule has 2 saturated carbocycles. The van der Waals surface area contributed by atoms with Crippen molar-refractivity contribution in [3.63, 3.8) is 0 Å². The van der Waals surface area contributed by atoms with Gasteiger partial charge < -0.3 is 25.0 Å². The Labute approximate surface area is 208 Å². The highest BCUT2D eigenvalue weighted by molar-refractivity contribution is 14.0. The second-order valence-corrected chi connectivity index (χ2v) is 9.45. The molecule has 1 aliphatic heterocycles. The number of carbonyl (C=O) groups is 1. The van der Waals surface area contributed by atoms with E-state index in [2.05, 4.69) is 35.8 Å². The average molecular weight is 556 g/mol. The number of amides is 1.